The molecule has 514 valence electrons. The average molecular weight is 1270 g/mol. The molecule has 0 radical (unpaired) electrons. The molecule has 13 nitrogen and oxygen atoms in total. The van der Waals surface area contributed by atoms with Crippen LogP contribution in [-0.4, -0.2) is 112 Å². The van der Waals surface area contributed by atoms with E-state index in [-0.39, 0.29) is 64.7 Å². The molecular formula is C72H144O13Ti. The number of aliphatic hydroxyl groups excluding tert-OH is 7. The van der Waals surface area contributed by atoms with Crippen LogP contribution in [0.5, 0.6) is 0 Å². The van der Waals surface area contributed by atoms with Gasteiger partial charge in [0.1, 0.15) is 0 Å². The standard InChI is InChI=1S/C37H68O6.C19H36O3.4C4H10O.Ti/c1-3-5-7-21-27-34(38)29-23-17-13-9-11-15-19-25-31-36(40)42-33-43-37(41)32-26-20-16-12-10-14-18-24-30-35(39)28-22-8-6-4-2;1-3-4-5-12-15-18(20)16-13-10-8-6-7-9-11-14-17-19(21)22-2;4*1-2-3-4-5;/h17-18,23-24,34-35,38-39H,3-16,19-22,25-33H2,1-2H3;10,13,18,20H,3-9,11-12,14-17H2,1-2H3;4*5H,2-4H2,1H3;/b23-17-,24-18-;13-10-;;;;;. The molecule has 0 rings (SSSR count). The first-order valence-corrected chi connectivity index (χ1v) is 35.2. The van der Waals surface area contributed by atoms with Gasteiger partial charge in [-0.2, -0.15) is 0 Å². The Labute approximate surface area is 546 Å². The van der Waals surface area contributed by atoms with Gasteiger partial charge in [0, 0.05) is 67.4 Å². The van der Waals surface area contributed by atoms with Crippen LogP contribution >= 0.6 is 0 Å². The first-order valence-electron chi connectivity index (χ1n) is 35.2. The molecule has 0 aromatic carbocycles. The summed E-state index contributed by atoms with van der Waals surface area (Å²) in [4.78, 5) is 34.6. The Morgan fingerprint density at radius 2 is 0.547 bits per heavy atom. The van der Waals surface area contributed by atoms with Crippen LogP contribution in [0.15, 0.2) is 36.5 Å². The summed E-state index contributed by atoms with van der Waals surface area (Å²) in [5.41, 5.74) is 0. The van der Waals surface area contributed by atoms with Gasteiger partial charge >= 0.3 is 17.9 Å². The normalized spacial score (nSPS) is 11.8. The van der Waals surface area contributed by atoms with Gasteiger partial charge in [0.2, 0.25) is 6.79 Å². The third kappa shape index (κ3) is 107. The molecule has 14 heteroatoms. The van der Waals surface area contributed by atoms with Crippen LogP contribution in [0.2, 0.25) is 0 Å². The number of aliphatic hydroxyl groups is 7. The van der Waals surface area contributed by atoms with Gasteiger partial charge in [-0.1, -0.05) is 245 Å². The molecule has 0 aromatic heterocycles. The van der Waals surface area contributed by atoms with Crippen molar-refractivity contribution in [3.63, 3.8) is 0 Å². The minimum atomic E-state index is -0.306. The molecule has 0 amide bonds. The fraction of sp³-hybridized carbons (Fsp3) is 0.875. The quantitative estimate of drug-likeness (QED) is 0.00992. The van der Waals surface area contributed by atoms with E-state index in [1.54, 1.807) is 0 Å². The molecule has 0 bridgehead atoms. The Balaban J connectivity index is -0.000000237. The second-order valence-corrected chi connectivity index (χ2v) is 22.6. The van der Waals surface area contributed by atoms with Gasteiger partial charge in [-0.15, -0.1) is 0 Å². The molecule has 3 unspecified atom stereocenters. The molecule has 0 aromatic rings. The van der Waals surface area contributed by atoms with Crippen molar-refractivity contribution in [3.8, 4) is 0 Å². The van der Waals surface area contributed by atoms with Crippen molar-refractivity contribution in [2.45, 2.75) is 369 Å². The van der Waals surface area contributed by atoms with Crippen LogP contribution in [0.1, 0.15) is 350 Å². The number of hydrogen-bond acceptors (Lipinski definition) is 13. The van der Waals surface area contributed by atoms with Crippen molar-refractivity contribution in [2.24, 2.45) is 0 Å². The molecule has 0 heterocycles. The zero-order chi connectivity index (χ0) is 64.6. The zero-order valence-corrected chi connectivity index (χ0v) is 59.1. The summed E-state index contributed by atoms with van der Waals surface area (Å²) in [6, 6.07) is 0. The number of carbonyl (C=O) groups is 3. The minimum absolute atomic E-state index is 0. The number of carbonyl (C=O) groups excluding carboxylic acids is 3. The van der Waals surface area contributed by atoms with E-state index >= 15 is 0 Å². The van der Waals surface area contributed by atoms with Crippen LogP contribution in [0.3, 0.4) is 0 Å². The van der Waals surface area contributed by atoms with E-state index in [1.807, 2.05) is 0 Å². The van der Waals surface area contributed by atoms with Gasteiger partial charge < -0.3 is 50.0 Å². The van der Waals surface area contributed by atoms with Crippen LogP contribution in [0.25, 0.3) is 0 Å². The summed E-state index contributed by atoms with van der Waals surface area (Å²) in [5.74, 6) is -0.713. The Kier molecular flexibility index (Phi) is 107. The van der Waals surface area contributed by atoms with E-state index in [1.165, 1.54) is 84.2 Å². The Morgan fingerprint density at radius 1 is 0.314 bits per heavy atom. The van der Waals surface area contributed by atoms with E-state index in [9.17, 15) is 29.7 Å². The summed E-state index contributed by atoms with van der Waals surface area (Å²) < 4.78 is 14.7. The first-order chi connectivity index (χ1) is 41.3. The maximum atomic E-state index is 11.8. The Bertz CT molecular complexity index is 1230. The topological polar surface area (TPSA) is 221 Å². The van der Waals surface area contributed by atoms with Gasteiger partial charge in [-0.3, -0.25) is 14.4 Å². The SMILES string of the molecule is CCCCCCC(O)C/C=C\CCCCCCCC(=O)OC.CCCCCCC(O)C/C=C\CCCCCCCC(=O)OCOC(=O)CCCCCCC/C=C\CC(O)CCCCCC.CCCCO.CCCCO.CCCCO.CCCCO.[Ti]. The molecule has 7 N–H and O–H groups in total. The summed E-state index contributed by atoms with van der Waals surface area (Å²) in [6.07, 6.45) is 60.5. The number of methoxy groups -OCH3 is 1. The summed E-state index contributed by atoms with van der Waals surface area (Å²) >= 11 is 0. The van der Waals surface area contributed by atoms with E-state index in [0.717, 1.165) is 205 Å². The largest absolute Gasteiger partial charge is 0.469 e. The summed E-state index contributed by atoms with van der Waals surface area (Å²) in [5, 5.41) is 62.0. The summed E-state index contributed by atoms with van der Waals surface area (Å²) in [7, 11) is 1.44. The van der Waals surface area contributed by atoms with Crippen molar-refractivity contribution in [3.05, 3.63) is 36.5 Å². The molecule has 0 saturated heterocycles. The molecule has 0 aliphatic carbocycles. The van der Waals surface area contributed by atoms with E-state index < -0.39 is 0 Å². The van der Waals surface area contributed by atoms with Crippen molar-refractivity contribution >= 4 is 17.9 Å². The molecule has 86 heavy (non-hydrogen) atoms. The monoisotopic (exact) mass is 1270 g/mol. The van der Waals surface area contributed by atoms with Crippen LogP contribution in [0.4, 0.5) is 0 Å². The Hall–Kier alpha value is -1.94. The van der Waals surface area contributed by atoms with E-state index in [0.29, 0.717) is 45.7 Å². The van der Waals surface area contributed by atoms with Crippen molar-refractivity contribution in [1.82, 2.24) is 0 Å². The average Bonchev–Trinajstić information content (AvgIpc) is 3.49. The fourth-order valence-electron chi connectivity index (χ4n) is 8.11. The molecule has 0 spiro atoms. The van der Waals surface area contributed by atoms with Crippen molar-refractivity contribution < 1.29 is 86.1 Å². The number of rotatable bonds is 55. The number of hydrogen-bond donors (Lipinski definition) is 7. The van der Waals surface area contributed by atoms with E-state index in [4.69, 9.17) is 29.9 Å². The molecular weight excluding hydrogens is 1120 g/mol. The number of ether oxygens (including phenoxy) is 3. The van der Waals surface area contributed by atoms with Crippen LogP contribution in [-0.2, 0) is 50.3 Å². The smallest absolute Gasteiger partial charge is 0.308 e. The van der Waals surface area contributed by atoms with Crippen molar-refractivity contribution in [2.75, 3.05) is 40.3 Å². The molecule has 0 saturated carbocycles. The van der Waals surface area contributed by atoms with Gasteiger partial charge in [-0.05, 0) is 122 Å². The van der Waals surface area contributed by atoms with Crippen LogP contribution < -0.4 is 0 Å². The van der Waals surface area contributed by atoms with Crippen LogP contribution in [0, 0.1) is 0 Å². The second-order valence-electron chi connectivity index (χ2n) is 22.6. The van der Waals surface area contributed by atoms with Gasteiger partial charge in [0.15, 0.2) is 0 Å². The molecule has 0 aliphatic heterocycles. The van der Waals surface area contributed by atoms with Gasteiger partial charge in [0.05, 0.1) is 25.4 Å². The third-order valence-electron chi connectivity index (χ3n) is 13.9. The maximum absolute atomic E-state index is 11.8. The van der Waals surface area contributed by atoms with Crippen molar-refractivity contribution in [1.29, 1.82) is 0 Å². The molecule has 0 fully saturated rings. The summed E-state index contributed by atoms with van der Waals surface area (Å²) in [6.45, 7) is 15.9. The first kappa shape index (κ1) is 97.7. The zero-order valence-electron chi connectivity index (χ0n) is 57.5. The maximum Gasteiger partial charge on any atom is 0.308 e. The van der Waals surface area contributed by atoms with Gasteiger partial charge in [0.25, 0.3) is 0 Å². The second kappa shape index (κ2) is 94.2. The number of allylic oxidation sites excluding steroid dienone is 3. The number of esters is 3. The van der Waals surface area contributed by atoms with Gasteiger partial charge in [-0.25, -0.2) is 0 Å². The number of unbranched alkanes of at least 4 members (excludes halogenated alkanes) is 28. The minimum Gasteiger partial charge on any atom is -0.469 e. The Morgan fingerprint density at radius 3 is 0.779 bits per heavy atom. The van der Waals surface area contributed by atoms with E-state index in [2.05, 4.69) is 89.7 Å². The molecule has 0 aliphatic rings. The predicted molar refractivity (Wildman–Crippen MR) is 360 cm³/mol. The fourth-order valence-corrected chi connectivity index (χ4v) is 8.11. The third-order valence-corrected chi connectivity index (χ3v) is 13.9. The predicted octanol–water partition coefficient (Wildman–Crippen LogP) is 18.3. The molecule has 3 atom stereocenters.